The fourth-order valence-corrected chi connectivity index (χ4v) is 2.32. The summed E-state index contributed by atoms with van der Waals surface area (Å²) in [6.45, 7) is 0. The molecule has 0 radical (unpaired) electrons. The molecule has 0 saturated heterocycles. The Morgan fingerprint density at radius 1 is 1.00 bits per heavy atom. The van der Waals surface area contributed by atoms with Gasteiger partial charge in [0.15, 0.2) is 0 Å². The molecule has 0 fully saturated rings. The van der Waals surface area contributed by atoms with Gasteiger partial charge in [-0.05, 0) is 24.3 Å². The van der Waals surface area contributed by atoms with Crippen LogP contribution >= 0.6 is 23.2 Å². The average molecular weight is 267 g/mol. The molecular weight excluding hydrogens is 259 g/mol. The molecule has 0 atom stereocenters. The average Bonchev–Trinajstić information content (AvgIpc) is 2.65. The minimum absolute atomic E-state index is 0.558. The van der Waals surface area contributed by atoms with Crippen LogP contribution in [0.15, 0.2) is 34.7 Å². The molecule has 2 nitrogen and oxygen atoms in total. The van der Waals surface area contributed by atoms with E-state index in [2.05, 4.69) is 0 Å². The van der Waals surface area contributed by atoms with Crippen molar-refractivity contribution in [2.45, 2.75) is 0 Å². The molecule has 0 N–H and O–H groups in total. The lowest BCUT2D eigenvalue weighted by molar-refractivity contribution is 0.415. The summed E-state index contributed by atoms with van der Waals surface area (Å²) in [5.74, 6) is 0.601. The van der Waals surface area contributed by atoms with Crippen LogP contribution in [0.1, 0.15) is 0 Å². The van der Waals surface area contributed by atoms with Crippen molar-refractivity contribution in [2.75, 3.05) is 7.11 Å². The summed E-state index contributed by atoms with van der Waals surface area (Å²) in [5, 5.41) is 3.13. The third kappa shape index (κ3) is 1.65. The molecule has 0 unspecified atom stereocenters. The van der Waals surface area contributed by atoms with Gasteiger partial charge in [0.1, 0.15) is 16.9 Å². The second kappa shape index (κ2) is 3.83. The first kappa shape index (κ1) is 10.8. The number of hydrogen-bond acceptors (Lipinski definition) is 2. The summed E-state index contributed by atoms with van der Waals surface area (Å²) in [4.78, 5) is 0. The van der Waals surface area contributed by atoms with Crippen LogP contribution in [-0.2, 0) is 0 Å². The molecular formula is C13H8Cl2O2. The Hall–Kier alpha value is -1.38. The second-order valence-electron chi connectivity index (χ2n) is 3.73. The minimum Gasteiger partial charge on any atom is -0.495 e. The third-order valence-corrected chi connectivity index (χ3v) is 3.24. The number of benzene rings is 2. The van der Waals surface area contributed by atoms with Crippen molar-refractivity contribution in [1.82, 2.24) is 0 Å². The van der Waals surface area contributed by atoms with Gasteiger partial charge in [0, 0.05) is 21.9 Å². The number of fused-ring (bicyclic) bond motifs is 3. The van der Waals surface area contributed by atoms with Crippen molar-refractivity contribution in [3.05, 3.63) is 40.4 Å². The minimum atomic E-state index is 0.558. The highest BCUT2D eigenvalue weighted by atomic mass is 35.5. The van der Waals surface area contributed by atoms with E-state index in [4.69, 9.17) is 32.4 Å². The topological polar surface area (TPSA) is 22.4 Å². The van der Waals surface area contributed by atoms with Crippen LogP contribution in [0.2, 0.25) is 10.0 Å². The van der Waals surface area contributed by atoms with E-state index in [1.807, 2.05) is 18.2 Å². The van der Waals surface area contributed by atoms with E-state index in [0.29, 0.717) is 15.8 Å². The Kier molecular flexibility index (Phi) is 2.42. The SMILES string of the molecule is COc1cc2oc3ccc(Cl)cc3c2cc1Cl. The van der Waals surface area contributed by atoms with Crippen LogP contribution in [-0.4, -0.2) is 7.11 Å². The van der Waals surface area contributed by atoms with E-state index >= 15 is 0 Å². The zero-order valence-electron chi connectivity index (χ0n) is 8.96. The number of furan rings is 1. The zero-order valence-corrected chi connectivity index (χ0v) is 10.5. The molecule has 0 amide bonds. The third-order valence-electron chi connectivity index (χ3n) is 2.71. The normalized spacial score (nSPS) is 11.2. The lowest BCUT2D eigenvalue weighted by Crippen LogP contribution is -1.82. The molecule has 2 aromatic carbocycles. The standard InChI is InChI=1S/C13H8Cl2O2/c1-16-13-6-12-9(5-10(13)15)8-4-7(14)2-3-11(8)17-12/h2-6H,1H3. The van der Waals surface area contributed by atoms with Crippen LogP contribution in [0, 0.1) is 0 Å². The molecule has 1 aromatic heterocycles. The van der Waals surface area contributed by atoms with Gasteiger partial charge in [-0.1, -0.05) is 23.2 Å². The molecule has 0 aliphatic heterocycles. The van der Waals surface area contributed by atoms with Gasteiger partial charge in [-0.2, -0.15) is 0 Å². The van der Waals surface area contributed by atoms with Crippen LogP contribution in [0.5, 0.6) is 5.75 Å². The first-order chi connectivity index (χ1) is 8.19. The summed E-state index contributed by atoms with van der Waals surface area (Å²) in [6, 6.07) is 9.12. The second-order valence-corrected chi connectivity index (χ2v) is 4.57. The van der Waals surface area contributed by atoms with E-state index in [9.17, 15) is 0 Å². The molecule has 1 heterocycles. The summed E-state index contributed by atoms with van der Waals surface area (Å²) in [7, 11) is 1.58. The number of rotatable bonds is 1. The summed E-state index contributed by atoms with van der Waals surface area (Å²) < 4.78 is 10.9. The van der Waals surface area contributed by atoms with Gasteiger partial charge in [-0.15, -0.1) is 0 Å². The number of hydrogen-bond donors (Lipinski definition) is 0. The van der Waals surface area contributed by atoms with Crippen LogP contribution in [0.25, 0.3) is 21.9 Å². The molecule has 0 bridgehead atoms. The molecule has 3 rings (SSSR count). The van der Waals surface area contributed by atoms with Gasteiger partial charge < -0.3 is 9.15 Å². The predicted molar refractivity (Wildman–Crippen MR) is 70.3 cm³/mol. The van der Waals surface area contributed by atoms with Gasteiger partial charge >= 0.3 is 0 Å². The first-order valence-corrected chi connectivity index (χ1v) is 5.80. The van der Waals surface area contributed by atoms with Crippen LogP contribution < -0.4 is 4.74 Å². The van der Waals surface area contributed by atoms with Crippen LogP contribution in [0.3, 0.4) is 0 Å². The fraction of sp³-hybridized carbons (Fsp3) is 0.0769. The van der Waals surface area contributed by atoms with Gasteiger partial charge in [0.05, 0.1) is 12.1 Å². The molecule has 86 valence electrons. The molecule has 4 heteroatoms. The van der Waals surface area contributed by atoms with E-state index in [1.54, 1.807) is 19.2 Å². The van der Waals surface area contributed by atoms with Crippen molar-refractivity contribution >= 4 is 45.1 Å². The quantitative estimate of drug-likeness (QED) is 0.625. The Bertz CT molecular complexity index is 716. The van der Waals surface area contributed by atoms with Crippen molar-refractivity contribution in [3.8, 4) is 5.75 Å². The highest BCUT2D eigenvalue weighted by Crippen LogP contribution is 2.36. The first-order valence-electron chi connectivity index (χ1n) is 5.04. The fourth-order valence-electron chi connectivity index (χ4n) is 1.91. The van der Waals surface area contributed by atoms with Crippen molar-refractivity contribution in [1.29, 1.82) is 0 Å². The summed E-state index contributed by atoms with van der Waals surface area (Å²) in [5.41, 5.74) is 1.53. The van der Waals surface area contributed by atoms with Gasteiger partial charge in [-0.3, -0.25) is 0 Å². The Morgan fingerprint density at radius 3 is 2.53 bits per heavy atom. The maximum absolute atomic E-state index is 6.10. The van der Waals surface area contributed by atoms with E-state index in [-0.39, 0.29) is 0 Å². The zero-order chi connectivity index (χ0) is 12.0. The van der Waals surface area contributed by atoms with Crippen molar-refractivity contribution < 1.29 is 9.15 Å². The summed E-state index contributed by atoms with van der Waals surface area (Å²) in [6.07, 6.45) is 0. The lowest BCUT2D eigenvalue weighted by atomic mass is 10.1. The van der Waals surface area contributed by atoms with Crippen LogP contribution in [0.4, 0.5) is 0 Å². The molecule has 0 saturated carbocycles. The smallest absolute Gasteiger partial charge is 0.141 e. The Morgan fingerprint density at radius 2 is 1.76 bits per heavy atom. The van der Waals surface area contributed by atoms with E-state index in [1.165, 1.54) is 0 Å². The van der Waals surface area contributed by atoms with Gasteiger partial charge in [-0.25, -0.2) is 0 Å². The van der Waals surface area contributed by atoms with Gasteiger partial charge in [0.2, 0.25) is 0 Å². The monoisotopic (exact) mass is 266 g/mol. The Balaban J connectivity index is 2.44. The molecule has 0 aliphatic rings. The molecule has 17 heavy (non-hydrogen) atoms. The van der Waals surface area contributed by atoms with Crippen molar-refractivity contribution in [3.63, 3.8) is 0 Å². The molecule has 0 spiro atoms. The number of halogens is 2. The largest absolute Gasteiger partial charge is 0.495 e. The highest BCUT2D eigenvalue weighted by Gasteiger charge is 2.11. The van der Waals surface area contributed by atoms with E-state index < -0.39 is 0 Å². The molecule has 3 aromatic rings. The van der Waals surface area contributed by atoms with Crippen molar-refractivity contribution in [2.24, 2.45) is 0 Å². The number of ether oxygens (including phenoxy) is 1. The maximum atomic E-state index is 6.10. The van der Waals surface area contributed by atoms with E-state index in [0.717, 1.165) is 21.9 Å². The highest BCUT2D eigenvalue weighted by molar-refractivity contribution is 6.34. The molecule has 0 aliphatic carbocycles. The predicted octanol–water partition coefficient (Wildman–Crippen LogP) is 4.90. The van der Waals surface area contributed by atoms with Gasteiger partial charge in [0.25, 0.3) is 0 Å². The Labute approximate surface area is 108 Å². The maximum Gasteiger partial charge on any atom is 0.141 e. The lowest BCUT2D eigenvalue weighted by Gasteiger charge is -2.01. The number of methoxy groups -OCH3 is 1. The summed E-state index contributed by atoms with van der Waals surface area (Å²) >= 11 is 12.1.